The minimum atomic E-state index is -1.02. The summed E-state index contributed by atoms with van der Waals surface area (Å²) in [7, 11) is 0. The molecule has 0 aliphatic heterocycles. The predicted octanol–water partition coefficient (Wildman–Crippen LogP) is 3.76. The highest BCUT2D eigenvalue weighted by molar-refractivity contribution is 7.99. The first-order chi connectivity index (χ1) is 13.0. The second kappa shape index (κ2) is 7.61. The van der Waals surface area contributed by atoms with Crippen LogP contribution in [0.1, 0.15) is 25.0 Å². The average molecular weight is 375 g/mol. The van der Waals surface area contributed by atoms with Crippen molar-refractivity contribution in [1.82, 2.24) is 9.38 Å². The highest BCUT2D eigenvalue weighted by Gasteiger charge is 2.22. The van der Waals surface area contributed by atoms with E-state index in [1.807, 2.05) is 47.7 Å². The molecular formula is C20H17N5OS. The number of thioether (sulfide) groups is 1. The van der Waals surface area contributed by atoms with Gasteiger partial charge in [0.25, 0.3) is 0 Å². The molecule has 3 aromatic rings. The summed E-state index contributed by atoms with van der Waals surface area (Å²) < 4.78 is 1.89. The van der Waals surface area contributed by atoms with Gasteiger partial charge in [0.15, 0.2) is 11.4 Å². The summed E-state index contributed by atoms with van der Waals surface area (Å²) >= 11 is 1.30. The Kier molecular flexibility index (Phi) is 5.25. The molecular weight excluding hydrogens is 358 g/mol. The van der Waals surface area contributed by atoms with Gasteiger partial charge >= 0.3 is 0 Å². The summed E-state index contributed by atoms with van der Waals surface area (Å²) in [5, 5.41) is 27.1. The fraction of sp³-hybridized carbons (Fsp3) is 0.250. The Morgan fingerprint density at radius 2 is 2.11 bits per heavy atom. The summed E-state index contributed by atoms with van der Waals surface area (Å²) in [5.74, 6) is -1.24. The second-order valence-corrected chi connectivity index (χ2v) is 7.10. The lowest BCUT2D eigenvalue weighted by molar-refractivity contribution is -0.117. The van der Waals surface area contributed by atoms with Gasteiger partial charge in [0, 0.05) is 5.71 Å². The van der Waals surface area contributed by atoms with Gasteiger partial charge in [0.2, 0.25) is 0 Å². The highest BCUT2D eigenvalue weighted by Crippen LogP contribution is 2.30. The van der Waals surface area contributed by atoms with Crippen LogP contribution >= 0.6 is 11.8 Å². The zero-order valence-electron chi connectivity index (χ0n) is 15.0. The van der Waals surface area contributed by atoms with Crippen LogP contribution in [0, 0.1) is 34.0 Å². The SMILES string of the molecule is CCc1cc(SCC(=O)[C@H](C#N)C(C)=N)n2c(nc3ccccc32)c1C#N. The summed E-state index contributed by atoms with van der Waals surface area (Å²) in [5.41, 5.74) is 3.68. The fourth-order valence-corrected chi connectivity index (χ4v) is 3.99. The molecule has 0 saturated heterocycles. The molecule has 1 N–H and O–H groups in total. The van der Waals surface area contributed by atoms with Gasteiger partial charge in [-0.25, -0.2) is 4.98 Å². The number of aryl methyl sites for hydroxylation is 1. The van der Waals surface area contributed by atoms with E-state index < -0.39 is 5.92 Å². The van der Waals surface area contributed by atoms with Crippen LogP contribution in [0.4, 0.5) is 0 Å². The molecule has 0 unspecified atom stereocenters. The fourth-order valence-electron chi connectivity index (χ4n) is 2.99. The van der Waals surface area contributed by atoms with E-state index in [2.05, 4.69) is 11.1 Å². The molecule has 27 heavy (non-hydrogen) atoms. The Balaban J connectivity index is 2.12. The molecule has 0 spiro atoms. The minimum Gasteiger partial charge on any atom is -0.308 e. The van der Waals surface area contributed by atoms with Gasteiger partial charge in [-0.1, -0.05) is 30.8 Å². The number of fused-ring (bicyclic) bond motifs is 3. The summed E-state index contributed by atoms with van der Waals surface area (Å²) in [6.07, 6.45) is 0.671. The number of nitrogens with zero attached hydrogens (tertiary/aromatic N) is 4. The van der Waals surface area contributed by atoms with Crippen LogP contribution in [0.25, 0.3) is 16.7 Å². The Morgan fingerprint density at radius 1 is 1.37 bits per heavy atom. The number of hydrogen-bond donors (Lipinski definition) is 1. The van der Waals surface area contributed by atoms with Gasteiger partial charge in [0.1, 0.15) is 12.0 Å². The van der Waals surface area contributed by atoms with Crippen molar-refractivity contribution in [2.45, 2.75) is 25.3 Å². The molecule has 0 aliphatic rings. The van der Waals surface area contributed by atoms with E-state index in [1.165, 1.54) is 18.7 Å². The lowest BCUT2D eigenvalue weighted by Crippen LogP contribution is -2.21. The summed E-state index contributed by atoms with van der Waals surface area (Å²) in [6, 6.07) is 13.7. The summed E-state index contributed by atoms with van der Waals surface area (Å²) in [4.78, 5) is 17.0. The van der Waals surface area contributed by atoms with Crippen LogP contribution in [-0.2, 0) is 11.2 Å². The number of Topliss-reactive ketones (excluding diaryl/α,β-unsaturated/α-hetero) is 1. The van der Waals surface area contributed by atoms with Gasteiger partial charge < -0.3 is 5.41 Å². The van der Waals surface area contributed by atoms with E-state index in [4.69, 9.17) is 10.7 Å². The first-order valence-electron chi connectivity index (χ1n) is 8.45. The van der Waals surface area contributed by atoms with Crippen molar-refractivity contribution in [3.8, 4) is 12.1 Å². The van der Waals surface area contributed by atoms with Gasteiger partial charge in [-0.3, -0.25) is 9.20 Å². The first kappa shape index (κ1) is 18.6. The number of nitrogens with one attached hydrogen (secondary N) is 1. The zero-order valence-corrected chi connectivity index (χ0v) is 15.8. The molecule has 0 bridgehead atoms. The number of hydrogen-bond acceptors (Lipinski definition) is 6. The molecule has 2 aromatic heterocycles. The van der Waals surface area contributed by atoms with Gasteiger partial charge in [-0.2, -0.15) is 10.5 Å². The molecule has 0 fully saturated rings. The van der Waals surface area contributed by atoms with Crippen molar-refractivity contribution < 1.29 is 4.79 Å². The lowest BCUT2D eigenvalue weighted by atomic mass is 10.0. The molecule has 0 saturated carbocycles. The predicted molar refractivity (Wildman–Crippen MR) is 105 cm³/mol. The maximum absolute atomic E-state index is 12.3. The van der Waals surface area contributed by atoms with E-state index in [9.17, 15) is 10.1 Å². The number of aromatic nitrogens is 2. The third-order valence-electron chi connectivity index (χ3n) is 4.36. The number of carbonyl (C=O) groups excluding carboxylic acids is 1. The molecule has 134 valence electrons. The maximum Gasteiger partial charge on any atom is 0.165 e. The van der Waals surface area contributed by atoms with Crippen LogP contribution in [0.2, 0.25) is 0 Å². The Hall–Kier alpha value is -3.16. The molecule has 0 radical (unpaired) electrons. The largest absolute Gasteiger partial charge is 0.308 e. The van der Waals surface area contributed by atoms with Gasteiger partial charge in [-0.05, 0) is 37.1 Å². The number of rotatable bonds is 6. The normalized spacial score (nSPS) is 11.9. The smallest absolute Gasteiger partial charge is 0.165 e. The van der Waals surface area contributed by atoms with Crippen LogP contribution in [0.3, 0.4) is 0 Å². The van der Waals surface area contributed by atoms with Gasteiger partial charge in [-0.15, -0.1) is 0 Å². The zero-order chi connectivity index (χ0) is 19.6. The molecule has 0 amide bonds. The maximum atomic E-state index is 12.3. The van der Waals surface area contributed by atoms with Crippen molar-refractivity contribution in [3.05, 3.63) is 41.5 Å². The minimum absolute atomic E-state index is 0.0513. The third kappa shape index (κ3) is 3.30. The van der Waals surface area contributed by atoms with Crippen LogP contribution < -0.4 is 0 Å². The molecule has 1 atom stereocenters. The molecule has 2 heterocycles. The second-order valence-electron chi connectivity index (χ2n) is 6.11. The molecule has 7 heteroatoms. The van der Waals surface area contributed by atoms with E-state index in [0.29, 0.717) is 17.6 Å². The van der Waals surface area contributed by atoms with Crippen molar-refractivity contribution in [2.75, 3.05) is 5.75 Å². The Morgan fingerprint density at radius 3 is 2.74 bits per heavy atom. The topological polar surface area (TPSA) is 106 Å². The van der Waals surface area contributed by atoms with Gasteiger partial charge in [0.05, 0.1) is 33.4 Å². The Labute approximate surface area is 160 Å². The van der Waals surface area contributed by atoms with Crippen molar-refractivity contribution in [2.24, 2.45) is 5.92 Å². The molecule has 3 rings (SSSR count). The number of ketones is 1. The standard InChI is InChI=1S/C20H17N5OS/c1-3-13-8-19(27-11-18(26)14(9-21)12(2)23)25-17-7-5-4-6-16(17)24-20(25)15(13)10-22/h4-8,14,23H,3,11H2,1-2H3/t14-/m1/s1. The van der Waals surface area contributed by atoms with Crippen LogP contribution in [0.5, 0.6) is 0 Å². The highest BCUT2D eigenvalue weighted by atomic mass is 32.2. The lowest BCUT2D eigenvalue weighted by Gasteiger charge is -2.11. The van der Waals surface area contributed by atoms with E-state index in [-0.39, 0.29) is 17.2 Å². The monoisotopic (exact) mass is 375 g/mol. The quantitative estimate of drug-likeness (QED) is 0.521. The van der Waals surface area contributed by atoms with E-state index >= 15 is 0 Å². The average Bonchev–Trinajstić information content (AvgIpc) is 3.05. The summed E-state index contributed by atoms with van der Waals surface area (Å²) in [6.45, 7) is 3.44. The number of nitriles is 2. The molecule has 6 nitrogen and oxygen atoms in total. The number of para-hydroxylation sites is 2. The number of benzene rings is 1. The number of imidazole rings is 1. The first-order valence-corrected chi connectivity index (χ1v) is 9.43. The van der Waals surface area contributed by atoms with Crippen LogP contribution in [-0.4, -0.2) is 26.6 Å². The molecule has 1 aromatic carbocycles. The van der Waals surface area contributed by atoms with Crippen molar-refractivity contribution in [3.63, 3.8) is 0 Å². The number of carbonyl (C=O) groups is 1. The Bertz CT molecular complexity index is 1150. The van der Waals surface area contributed by atoms with Crippen LogP contribution in [0.15, 0.2) is 35.4 Å². The molecule has 0 aliphatic carbocycles. The van der Waals surface area contributed by atoms with E-state index in [0.717, 1.165) is 21.6 Å². The van der Waals surface area contributed by atoms with Crippen molar-refractivity contribution >= 4 is 39.9 Å². The third-order valence-corrected chi connectivity index (χ3v) is 5.39. The van der Waals surface area contributed by atoms with E-state index in [1.54, 1.807) is 0 Å². The van der Waals surface area contributed by atoms with Crippen molar-refractivity contribution in [1.29, 1.82) is 15.9 Å². The number of pyridine rings is 1.